The Morgan fingerprint density at radius 3 is 1.53 bits per heavy atom. The molecule has 4 heterocycles. The number of benzene rings is 6. The Bertz CT molecular complexity index is 3620. The van der Waals surface area contributed by atoms with Gasteiger partial charge >= 0.3 is 0 Å². The topological polar surface area (TPSA) is 46.4 Å². The van der Waals surface area contributed by atoms with Gasteiger partial charge in [0.15, 0.2) is 0 Å². The Kier molecular flexibility index (Phi) is 13.0. The van der Waals surface area contributed by atoms with Gasteiger partial charge < -0.3 is 14.5 Å². The van der Waals surface area contributed by atoms with E-state index in [9.17, 15) is 0 Å². The molecule has 396 valence electrons. The SMILES string of the molecule is CC(C)(C)c1ccnc(-n2c3ccccc3c3ccc(Oc4cccc(N5CN(c6c(-c7cc(C(C)(C)C)ccc7C(C)(C)C)cc(C(C)(C)C)cc6-c6cc(C(C)(C)C)ccc6C(C)(C)C)c6ccncc65)c4)cc32)c1. The maximum absolute atomic E-state index is 6.93. The fourth-order valence-electron chi connectivity index (χ4n) is 11.2. The number of nitrogens with zero attached hydrogens (tertiary/aromatic N) is 5. The van der Waals surface area contributed by atoms with Gasteiger partial charge in [-0.05, 0) is 138 Å². The van der Waals surface area contributed by atoms with E-state index in [1.54, 1.807) is 0 Å². The summed E-state index contributed by atoms with van der Waals surface area (Å²) in [4.78, 5) is 14.7. The third-order valence-corrected chi connectivity index (χ3v) is 15.7. The molecule has 0 N–H and O–H groups in total. The number of anilines is 4. The molecule has 6 aromatic carbocycles. The molecule has 0 unspecified atom stereocenters. The lowest BCUT2D eigenvalue weighted by atomic mass is 9.74. The summed E-state index contributed by atoms with van der Waals surface area (Å²) in [5.74, 6) is 2.39. The van der Waals surface area contributed by atoms with E-state index in [4.69, 9.17) is 14.7 Å². The maximum atomic E-state index is 6.93. The minimum absolute atomic E-state index is 0.0260. The summed E-state index contributed by atoms with van der Waals surface area (Å²) in [7, 11) is 0. The van der Waals surface area contributed by atoms with Crippen molar-refractivity contribution in [1.82, 2.24) is 14.5 Å². The molecule has 0 spiro atoms. The average molecular weight is 1020 g/mol. The minimum Gasteiger partial charge on any atom is -0.457 e. The standard InChI is InChI=1S/C71H81N5O/c1-66(2,3)45-26-30-58(70(13,14)15)54(36-45)56-38-48(69(10,11)12)39-57(55-37-46(67(4,5)6)27-31-59(55)71(16,17)18)65(56)75-44-74(63-43-72-34-33-61(63)75)49-22-21-23-50(41-49)77-51-28-29-53-52-24-19-20-25-60(52)76(62(53)42-51)64-40-47(32-35-73-64)68(7,8)9/h19-43H,44H2,1-18H3. The molecule has 3 aromatic heterocycles. The zero-order valence-electron chi connectivity index (χ0n) is 49.3. The molecule has 0 bridgehead atoms. The first-order valence-electron chi connectivity index (χ1n) is 27.7. The Morgan fingerprint density at radius 2 is 0.948 bits per heavy atom. The van der Waals surface area contributed by atoms with Crippen LogP contribution >= 0.6 is 0 Å². The molecular formula is C71H81N5O. The van der Waals surface area contributed by atoms with Gasteiger partial charge in [0.25, 0.3) is 0 Å². The van der Waals surface area contributed by atoms with Gasteiger partial charge in [-0.1, -0.05) is 185 Å². The number of aromatic nitrogens is 3. The van der Waals surface area contributed by atoms with Crippen LogP contribution in [0.4, 0.5) is 22.7 Å². The Balaban J connectivity index is 1.16. The normalized spacial score (nSPS) is 13.7. The monoisotopic (exact) mass is 1020 g/mol. The van der Waals surface area contributed by atoms with E-state index in [-0.39, 0.29) is 32.5 Å². The van der Waals surface area contributed by atoms with E-state index in [1.807, 2.05) is 18.6 Å². The van der Waals surface area contributed by atoms with Gasteiger partial charge in [0, 0.05) is 52.1 Å². The molecule has 6 nitrogen and oxygen atoms in total. The van der Waals surface area contributed by atoms with Crippen LogP contribution in [-0.4, -0.2) is 21.2 Å². The molecule has 10 rings (SSSR count). The van der Waals surface area contributed by atoms with Gasteiger partial charge in [-0.25, -0.2) is 4.98 Å². The van der Waals surface area contributed by atoms with Crippen LogP contribution in [0.25, 0.3) is 49.9 Å². The molecule has 0 saturated carbocycles. The molecule has 0 amide bonds. The summed E-state index contributed by atoms with van der Waals surface area (Å²) in [5.41, 5.74) is 18.8. The van der Waals surface area contributed by atoms with E-state index < -0.39 is 0 Å². The molecule has 0 atom stereocenters. The quantitative estimate of drug-likeness (QED) is 0.159. The highest BCUT2D eigenvalue weighted by Gasteiger charge is 2.36. The van der Waals surface area contributed by atoms with Gasteiger partial charge in [0.2, 0.25) is 0 Å². The van der Waals surface area contributed by atoms with Crippen molar-refractivity contribution < 1.29 is 4.74 Å². The number of hydrogen-bond acceptors (Lipinski definition) is 5. The van der Waals surface area contributed by atoms with Crippen LogP contribution in [0.1, 0.15) is 158 Å². The second-order valence-electron chi connectivity index (χ2n) is 27.8. The molecular weight excluding hydrogens is 939 g/mol. The summed E-state index contributed by atoms with van der Waals surface area (Å²) >= 11 is 0. The molecule has 0 aliphatic carbocycles. The first kappa shape index (κ1) is 53.2. The predicted molar refractivity (Wildman–Crippen MR) is 328 cm³/mol. The largest absolute Gasteiger partial charge is 0.457 e. The average Bonchev–Trinajstić information content (AvgIpc) is 3.98. The fourth-order valence-corrected chi connectivity index (χ4v) is 11.2. The molecule has 0 fully saturated rings. The zero-order valence-corrected chi connectivity index (χ0v) is 49.3. The Hall–Kier alpha value is -7.18. The maximum Gasteiger partial charge on any atom is 0.137 e. The highest BCUT2D eigenvalue weighted by Crippen LogP contribution is 2.54. The lowest BCUT2D eigenvalue weighted by Gasteiger charge is -2.34. The van der Waals surface area contributed by atoms with Crippen molar-refractivity contribution in [3.63, 3.8) is 0 Å². The number of para-hydroxylation sites is 1. The second kappa shape index (κ2) is 18.8. The van der Waals surface area contributed by atoms with Gasteiger partial charge in [-0.15, -0.1) is 0 Å². The molecule has 1 aliphatic heterocycles. The van der Waals surface area contributed by atoms with Crippen LogP contribution < -0.4 is 14.5 Å². The number of rotatable bonds is 7. The zero-order chi connectivity index (χ0) is 55.4. The van der Waals surface area contributed by atoms with Crippen molar-refractivity contribution in [3.05, 3.63) is 185 Å². The first-order chi connectivity index (χ1) is 36.0. The van der Waals surface area contributed by atoms with Crippen LogP contribution in [-0.2, 0) is 32.5 Å². The summed E-state index contributed by atoms with van der Waals surface area (Å²) in [6.07, 6.45) is 5.91. The Labute approximate surface area is 460 Å². The van der Waals surface area contributed by atoms with Gasteiger partial charge in [0.05, 0.1) is 34.3 Å². The van der Waals surface area contributed by atoms with Gasteiger partial charge in [-0.2, -0.15) is 0 Å². The third kappa shape index (κ3) is 10.2. The van der Waals surface area contributed by atoms with Crippen LogP contribution in [0, 0.1) is 0 Å². The van der Waals surface area contributed by atoms with E-state index in [1.165, 1.54) is 66.7 Å². The van der Waals surface area contributed by atoms with E-state index in [0.717, 1.165) is 50.8 Å². The lowest BCUT2D eigenvalue weighted by Crippen LogP contribution is -2.26. The van der Waals surface area contributed by atoms with Crippen LogP contribution in [0.3, 0.4) is 0 Å². The second-order valence-corrected chi connectivity index (χ2v) is 27.8. The van der Waals surface area contributed by atoms with E-state index >= 15 is 0 Å². The highest BCUT2D eigenvalue weighted by molar-refractivity contribution is 6.09. The molecule has 0 saturated heterocycles. The summed E-state index contributed by atoms with van der Waals surface area (Å²) < 4.78 is 9.20. The van der Waals surface area contributed by atoms with Gasteiger partial charge in [0.1, 0.15) is 24.0 Å². The van der Waals surface area contributed by atoms with E-state index in [0.29, 0.717) is 6.67 Å². The number of hydrogen-bond donors (Lipinski definition) is 0. The lowest BCUT2D eigenvalue weighted by molar-refractivity contribution is 0.483. The highest BCUT2D eigenvalue weighted by atomic mass is 16.5. The molecule has 0 radical (unpaired) electrons. The van der Waals surface area contributed by atoms with Crippen molar-refractivity contribution in [2.45, 2.75) is 157 Å². The molecule has 6 heteroatoms. The molecule has 77 heavy (non-hydrogen) atoms. The first-order valence-corrected chi connectivity index (χ1v) is 27.7. The fraction of sp³-hybridized carbons (Fsp3) is 0.352. The van der Waals surface area contributed by atoms with Crippen molar-refractivity contribution >= 4 is 44.6 Å². The summed E-state index contributed by atoms with van der Waals surface area (Å²) in [6.45, 7) is 42.5. The van der Waals surface area contributed by atoms with Crippen molar-refractivity contribution in [2.24, 2.45) is 0 Å². The summed E-state index contributed by atoms with van der Waals surface area (Å²) in [5, 5.41) is 2.33. The number of fused-ring (bicyclic) bond motifs is 4. The van der Waals surface area contributed by atoms with Crippen molar-refractivity contribution in [2.75, 3.05) is 16.5 Å². The van der Waals surface area contributed by atoms with Crippen LogP contribution in [0.2, 0.25) is 0 Å². The third-order valence-electron chi connectivity index (χ3n) is 15.7. The molecule has 9 aromatic rings. The van der Waals surface area contributed by atoms with Crippen LogP contribution in [0.15, 0.2) is 152 Å². The number of pyridine rings is 2. The van der Waals surface area contributed by atoms with Crippen LogP contribution in [0.5, 0.6) is 11.5 Å². The van der Waals surface area contributed by atoms with Crippen molar-refractivity contribution in [1.29, 1.82) is 0 Å². The number of ether oxygens (including phenoxy) is 1. The van der Waals surface area contributed by atoms with Gasteiger partial charge in [-0.3, -0.25) is 9.55 Å². The van der Waals surface area contributed by atoms with Crippen molar-refractivity contribution in [3.8, 4) is 39.6 Å². The predicted octanol–water partition coefficient (Wildman–Crippen LogP) is 19.7. The minimum atomic E-state index is -0.149. The molecule has 1 aliphatic rings. The van der Waals surface area contributed by atoms with E-state index in [2.05, 4.69) is 272 Å². The Morgan fingerprint density at radius 1 is 0.403 bits per heavy atom. The smallest absolute Gasteiger partial charge is 0.137 e. The summed E-state index contributed by atoms with van der Waals surface area (Å²) in [6, 6.07) is 49.7.